The maximum Gasteiger partial charge on any atom is 0.257 e. The fourth-order valence-corrected chi connectivity index (χ4v) is 5.39. The third-order valence-electron chi connectivity index (χ3n) is 7.04. The molecule has 1 saturated heterocycles. The zero-order valence-electron chi connectivity index (χ0n) is 17.3. The second kappa shape index (κ2) is 6.66. The van der Waals surface area contributed by atoms with Gasteiger partial charge in [0.15, 0.2) is 0 Å². The van der Waals surface area contributed by atoms with E-state index in [-0.39, 0.29) is 41.4 Å². The molecule has 3 aliphatic rings. The van der Waals surface area contributed by atoms with Gasteiger partial charge in [0.2, 0.25) is 11.8 Å². The van der Waals surface area contributed by atoms with Crippen LogP contribution in [0.25, 0.3) is 0 Å². The van der Waals surface area contributed by atoms with Gasteiger partial charge in [0, 0.05) is 5.69 Å². The van der Waals surface area contributed by atoms with E-state index in [1.54, 1.807) is 24.3 Å². The van der Waals surface area contributed by atoms with Gasteiger partial charge in [-0.1, -0.05) is 29.8 Å². The lowest BCUT2D eigenvalue weighted by atomic mass is 9.82. The van der Waals surface area contributed by atoms with Crippen molar-refractivity contribution < 1.29 is 14.4 Å². The number of fused-ring (bicyclic) bond motifs is 5. The lowest BCUT2D eigenvalue weighted by Crippen LogP contribution is -2.34. The SMILES string of the molecule is CC1=C[C@H]2C[C@H]1[C@@H]1C(=O)N(c3ccccc3C(=O)Nc3ccc(C)c(C)c3)C(=O)[C@@H]12. The Balaban J connectivity index is 1.47. The first-order valence-corrected chi connectivity index (χ1v) is 10.4. The average Bonchev–Trinajstić information content (AvgIpc) is 3.35. The molecule has 1 aliphatic heterocycles. The molecule has 0 unspecified atom stereocenters. The molecule has 1 saturated carbocycles. The summed E-state index contributed by atoms with van der Waals surface area (Å²) < 4.78 is 0. The number of hydrogen-bond donors (Lipinski definition) is 1. The van der Waals surface area contributed by atoms with Crippen LogP contribution in [-0.4, -0.2) is 17.7 Å². The molecule has 5 rings (SSSR count). The first-order chi connectivity index (χ1) is 14.4. The lowest BCUT2D eigenvalue weighted by Gasteiger charge is -2.20. The van der Waals surface area contributed by atoms with Crippen molar-refractivity contribution in [2.45, 2.75) is 27.2 Å². The number of nitrogens with one attached hydrogen (secondary N) is 1. The molecule has 5 nitrogen and oxygen atoms in total. The van der Waals surface area contributed by atoms with Gasteiger partial charge in [-0.2, -0.15) is 0 Å². The highest BCUT2D eigenvalue weighted by Gasteiger charge is 2.61. The number of allylic oxidation sites excluding steroid dienone is 2. The van der Waals surface area contributed by atoms with E-state index in [0.717, 1.165) is 17.5 Å². The third-order valence-corrected chi connectivity index (χ3v) is 7.04. The molecule has 1 N–H and O–H groups in total. The zero-order chi connectivity index (χ0) is 21.2. The summed E-state index contributed by atoms with van der Waals surface area (Å²) in [7, 11) is 0. The van der Waals surface area contributed by atoms with Crippen LogP contribution < -0.4 is 10.2 Å². The van der Waals surface area contributed by atoms with E-state index >= 15 is 0 Å². The number of hydrogen-bond acceptors (Lipinski definition) is 3. The summed E-state index contributed by atoms with van der Waals surface area (Å²) in [6, 6.07) is 12.6. The van der Waals surface area contributed by atoms with Gasteiger partial charge in [-0.3, -0.25) is 14.4 Å². The van der Waals surface area contributed by atoms with Gasteiger partial charge < -0.3 is 5.32 Å². The van der Waals surface area contributed by atoms with Crippen LogP contribution in [0.5, 0.6) is 0 Å². The zero-order valence-corrected chi connectivity index (χ0v) is 17.3. The second-order valence-corrected chi connectivity index (χ2v) is 8.75. The van der Waals surface area contributed by atoms with Gasteiger partial charge >= 0.3 is 0 Å². The Morgan fingerprint density at radius 1 is 0.967 bits per heavy atom. The number of carbonyl (C=O) groups is 3. The molecule has 30 heavy (non-hydrogen) atoms. The Hall–Kier alpha value is -3.21. The highest BCUT2D eigenvalue weighted by Crippen LogP contribution is 2.56. The third kappa shape index (κ3) is 2.65. The summed E-state index contributed by atoms with van der Waals surface area (Å²) in [6.07, 6.45) is 3.04. The number of para-hydroxylation sites is 1. The molecule has 5 heteroatoms. The van der Waals surface area contributed by atoms with E-state index in [1.807, 2.05) is 39.0 Å². The summed E-state index contributed by atoms with van der Waals surface area (Å²) in [4.78, 5) is 40.9. The van der Waals surface area contributed by atoms with E-state index in [0.29, 0.717) is 16.9 Å². The number of carbonyl (C=O) groups excluding carboxylic acids is 3. The molecule has 2 aromatic carbocycles. The molecule has 0 radical (unpaired) electrons. The van der Waals surface area contributed by atoms with Gasteiger partial charge in [-0.05, 0) is 74.4 Å². The monoisotopic (exact) mass is 400 g/mol. The topological polar surface area (TPSA) is 66.5 Å². The van der Waals surface area contributed by atoms with E-state index < -0.39 is 0 Å². The molecular weight excluding hydrogens is 376 g/mol. The van der Waals surface area contributed by atoms with Crippen LogP contribution in [0.1, 0.15) is 34.8 Å². The summed E-state index contributed by atoms with van der Waals surface area (Å²) in [5.41, 5.74) is 4.83. The largest absolute Gasteiger partial charge is 0.322 e. The smallest absolute Gasteiger partial charge is 0.257 e. The highest BCUT2D eigenvalue weighted by atomic mass is 16.2. The summed E-state index contributed by atoms with van der Waals surface area (Å²) in [5, 5.41) is 2.91. The van der Waals surface area contributed by atoms with Crippen molar-refractivity contribution in [1.29, 1.82) is 0 Å². The van der Waals surface area contributed by atoms with Crippen LogP contribution in [0.3, 0.4) is 0 Å². The molecule has 2 aliphatic carbocycles. The van der Waals surface area contributed by atoms with Gasteiger partial charge in [0.1, 0.15) is 0 Å². The van der Waals surface area contributed by atoms with Crippen molar-refractivity contribution >= 4 is 29.1 Å². The fourth-order valence-electron chi connectivity index (χ4n) is 5.39. The Morgan fingerprint density at radius 3 is 2.47 bits per heavy atom. The van der Waals surface area contributed by atoms with Crippen molar-refractivity contribution in [3.63, 3.8) is 0 Å². The Bertz CT molecular complexity index is 1130. The first-order valence-electron chi connectivity index (χ1n) is 10.4. The quantitative estimate of drug-likeness (QED) is 0.618. The molecule has 3 amide bonds. The second-order valence-electron chi connectivity index (χ2n) is 8.75. The van der Waals surface area contributed by atoms with Gasteiger partial charge in [0.25, 0.3) is 5.91 Å². The maximum absolute atomic E-state index is 13.3. The Morgan fingerprint density at radius 2 is 1.70 bits per heavy atom. The van der Waals surface area contributed by atoms with Crippen molar-refractivity contribution in [2.75, 3.05) is 10.2 Å². The number of anilines is 2. The van der Waals surface area contributed by atoms with E-state index in [4.69, 9.17) is 0 Å². The molecule has 0 aromatic heterocycles. The fraction of sp³-hybridized carbons (Fsp3) is 0.320. The molecule has 0 spiro atoms. The number of nitrogens with zero attached hydrogens (tertiary/aromatic N) is 1. The van der Waals surface area contributed by atoms with Crippen LogP contribution in [-0.2, 0) is 9.59 Å². The van der Waals surface area contributed by atoms with Crippen LogP contribution in [0, 0.1) is 37.5 Å². The van der Waals surface area contributed by atoms with Gasteiger partial charge in [-0.15, -0.1) is 0 Å². The first kappa shape index (κ1) is 18.8. The van der Waals surface area contributed by atoms with Crippen LogP contribution in [0.4, 0.5) is 11.4 Å². The summed E-state index contributed by atoms with van der Waals surface area (Å²) >= 11 is 0. The maximum atomic E-state index is 13.3. The molecule has 4 atom stereocenters. The molecular formula is C25H24N2O3. The highest BCUT2D eigenvalue weighted by molar-refractivity contribution is 6.25. The van der Waals surface area contributed by atoms with Crippen LogP contribution in [0.2, 0.25) is 0 Å². The average molecular weight is 400 g/mol. The Kier molecular flexibility index (Phi) is 4.17. The lowest BCUT2D eigenvalue weighted by molar-refractivity contribution is -0.123. The van der Waals surface area contributed by atoms with Crippen molar-refractivity contribution in [3.8, 4) is 0 Å². The normalized spacial score (nSPS) is 26.8. The van der Waals surface area contributed by atoms with E-state index in [9.17, 15) is 14.4 Å². The van der Waals surface area contributed by atoms with Crippen molar-refractivity contribution in [3.05, 3.63) is 70.8 Å². The summed E-state index contributed by atoms with van der Waals surface area (Å²) in [5.74, 6) is -0.964. The molecule has 2 fully saturated rings. The van der Waals surface area contributed by atoms with Gasteiger partial charge in [-0.25, -0.2) is 4.90 Å². The number of imide groups is 1. The van der Waals surface area contributed by atoms with Crippen molar-refractivity contribution in [1.82, 2.24) is 0 Å². The molecule has 152 valence electrons. The number of rotatable bonds is 3. The van der Waals surface area contributed by atoms with E-state index in [1.165, 1.54) is 10.5 Å². The molecule has 1 heterocycles. The minimum atomic E-state index is -0.330. The Labute approximate surface area is 175 Å². The number of amides is 3. The number of benzene rings is 2. The minimum Gasteiger partial charge on any atom is -0.322 e. The summed E-state index contributed by atoms with van der Waals surface area (Å²) in [6.45, 7) is 6.05. The standard InChI is InChI=1S/C25H24N2O3/c1-13-8-9-17(11-14(13)2)26-23(28)18-6-4-5-7-20(18)27-24(29)21-16-10-15(3)19(12-16)22(21)25(27)30/h4-11,16,19,21-22H,12H2,1-3H3,(H,26,28)/t16-,19+,21+,22-/m0/s1. The molecule has 2 bridgehead atoms. The van der Waals surface area contributed by atoms with Crippen LogP contribution in [0.15, 0.2) is 54.1 Å². The van der Waals surface area contributed by atoms with Gasteiger partial charge in [0.05, 0.1) is 23.1 Å². The predicted molar refractivity (Wildman–Crippen MR) is 115 cm³/mol. The molecule has 2 aromatic rings. The number of aryl methyl sites for hydroxylation is 2. The van der Waals surface area contributed by atoms with Crippen molar-refractivity contribution in [2.24, 2.45) is 23.7 Å². The minimum absolute atomic E-state index is 0.137. The van der Waals surface area contributed by atoms with Crippen LogP contribution >= 0.6 is 0 Å². The van der Waals surface area contributed by atoms with E-state index in [2.05, 4.69) is 11.4 Å². The predicted octanol–water partition coefficient (Wildman–Crippen LogP) is 4.26.